The predicted molar refractivity (Wildman–Crippen MR) is 58.6 cm³/mol. The number of thioether (sulfide) groups is 1. The van der Waals surface area contributed by atoms with Gasteiger partial charge in [0.25, 0.3) is 5.91 Å². The number of hydrogen-bond donors (Lipinski definition) is 1. The van der Waals surface area contributed by atoms with Crippen molar-refractivity contribution in [3.8, 4) is 0 Å². The maximum atomic E-state index is 12.8. The fourth-order valence-electron chi connectivity index (χ4n) is 1.21. The largest absolute Gasteiger partial charge is 0.301 e. The molecule has 0 aliphatic carbocycles. The van der Waals surface area contributed by atoms with E-state index in [4.69, 9.17) is 0 Å². The molecule has 78 valence electrons. The summed E-state index contributed by atoms with van der Waals surface area (Å²) in [6.07, 6.45) is 0. The van der Waals surface area contributed by atoms with Crippen LogP contribution >= 0.6 is 11.8 Å². The topological polar surface area (TPSA) is 41.5 Å². The van der Waals surface area contributed by atoms with Crippen molar-refractivity contribution in [3.63, 3.8) is 0 Å². The number of benzene rings is 1. The molecule has 0 saturated carbocycles. The highest BCUT2D eigenvalue weighted by molar-refractivity contribution is 8.14. The zero-order chi connectivity index (χ0) is 10.7. The smallest absolute Gasteiger partial charge is 0.257 e. The van der Waals surface area contributed by atoms with Gasteiger partial charge in [0.15, 0.2) is 5.17 Å². The summed E-state index contributed by atoms with van der Waals surface area (Å²) in [4.78, 5) is 15.7. The van der Waals surface area contributed by atoms with Crippen LogP contribution in [0.2, 0.25) is 0 Å². The highest BCUT2D eigenvalue weighted by atomic mass is 32.2. The van der Waals surface area contributed by atoms with Gasteiger partial charge in [-0.05, 0) is 18.2 Å². The molecule has 0 bridgehead atoms. The first-order valence-corrected chi connectivity index (χ1v) is 5.48. The van der Waals surface area contributed by atoms with E-state index in [1.54, 1.807) is 6.07 Å². The molecule has 15 heavy (non-hydrogen) atoms. The van der Waals surface area contributed by atoms with E-state index in [1.165, 1.54) is 30.0 Å². The first kappa shape index (κ1) is 10.2. The van der Waals surface area contributed by atoms with E-state index in [2.05, 4.69) is 10.3 Å². The molecule has 0 fully saturated rings. The molecule has 2 rings (SSSR count). The number of aliphatic imine (C=N–C) groups is 1. The summed E-state index contributed by atoms with van der Waals surface area (Å²) in [6, 6.07) is 5.58. The van der Waals surface area contributed by atoms with Gasteiger partial charge in [-0.1, -0.05) is 17.8 Å². The van der Waals surface area contributed by atoms with Crippen molar-refractivity contribution in [2.75, 3.05) is 12.3 Å². The molecule has 1 aliphatic heterocycles. The Kier molecular flexibility index (Phi) is 3.01. The molecular weight excluding hydrogens is 215 g/mol. The molecule has 0 radical (unpaired) electrons. The van der Waals surface area contributed by atoms with Crippen molar-refractivity contribution in [2.24, 2.45) is 4.99 Å². The van der Waals surface area contributed by atoms with E-state index in [0.717, 1.165) is 12.3 Å². The van der Waals surface area contributed by atoms with Gasteiger partial charge in [-0.25, -0.2) is 4.39 Å². The SMILES string of the molecule is O=C(NC1=NCCS1)c1cccc(F)c1. The molecule has 1 amide bonds. The summed E-state index contributed by atoms with van der Waals surface area (Å²) in [7, 11) is 0. The molecule has 0 spiro atoms. The number of rotatable bonds is 1. The van der Waals surface area contributed by atoms with Crippen LogP contribution in [0.5, 0.6) is 0 Å². The van der Waals surface area contributed by atoms with E-state index >= 15 is 0 Å². The molecular formula is C10H9FN2OS. The Morgan fingerprint density at radius 2 is 2.40 bits per heavy atom. The lowest BCUT2D eigenvalue weighted by Crippen LogP contribution is -2.27. The number of nitrogens with one attached hydrogen (secondary N) is 1. The van der Waals surface area contributed by atoms with Crippen molar-refractivity contribution in [2.45, 2.75) is 0 Å². The zero-order valence-electron chi connectivity index (χ0n) is 7.87. The van der Waals surface area contributed by atoms with Crippen molar-refractivity contribution < 1.29 is 9.18 Å². The molecule has 1 aromatic rings. The van der Waals surface area contributed by atoms with Gasteiger partial charge < -0.3 is 5.32 Å². The van der Waals surface area contributed by atoms with Gasteiger partial charge in [0, 0.05) is 11.3 Å². The minimum absolute atomic E-state index is 0.310. The Bertz CT molecular complexity index is 420. The number of carbonyl (C=O) groups excluding carboxylic acids is 1. The van der Waals surface area contributed by atoms with Gasteiger partial charge >= 0.3 is 0 Å². The third kappa shape index (κ3) is 2.56. The van der Waals surface area contributed by atoms with Crippen LogP contribution in [0.1, 0.15) is 10.4 Å². The molecule has 0 saturated heterocycles. The van der Waals surface area contributed by atoms with E-state index in [1.807, 2.05) is 0 Å². The van der Waals surface area contributed by atoms with E-state index < -0.39 is 5.82 Å². The number of nitrogens with zero attached hydrogens (tertiary/aromatic N) is 1. The summed E-state index contributed by atoms with van der Waals surface area (Å²) < 4.78 is 12.8. The molecule has 3 nitrogen and oxygen atoms in total. The Balaban J connectivity index is 2.07. The van der Waals surface area contributed by atoms with Gasteiger partial charge in [-0.15, -0.1) is 0 Å². The number of carbonyl (C=O) groups is 1. The second kappa shape index (κ2) is 4.44. The van der Waals surface area contributed by atoms with Crippen LogP contribution in [0.15, 0.2) is 29.3 Å². The number of amides is 1. The molecule has 0 aromatic heterocycles. The lowest BCUT2D eigenvalue weighted by Gasteiger charge is -2.03. The average molecular weight is 224 g/mol. The zero-order valence-corrected chi connectivity index (χ0v) is 8.68. The number of halogens is 1. The predicted octanol–water partition coefficient (Wildman–Crippen LogP) is 1.66. The van der Waals surface area contributed by atoms with Crippen LogP contribution < -0.4 is 5.32 Å². The monoisotopic (exact) mass is 224 g/mol. The summed E-state index contributed by atoms with van der Waals surface area (Å²) >= 11 is 1.49. The number of amidine groups is 1. The van der Waals surface area contributed by atoms with Crippen LogP contribution in [-0.4, -0.2) is 23.4 Å². The number of hydrogen-bond acceptors (Lipinski definition) is 3. The van der Waals surface area contributed by atoms with Gasteiger partial charge in [0.05, 0.1) is 6.54 Å². The summed E-state index contributed by atoms with van der Waals surface area (Å²) in [5.74, 6) is 0.157. The van der Waals surface area contributed by atoms with Crippen molar-refractivity contribution in [1.29, 1.82) is 0 Å². The Morgan fingerprint density at radius 1 is 1.53 bits per heavy atom. The maximum Gasteiger partial charge on any atom is 0.257 e. The Morgan fingerprint density at radius 3 is 3.07 bits per heavy atom. The molecule has 1 aliphatic rings. The summed E-state index contributed by atoms with van der Waals surface area (Å²) in [5.41, 5.74) is 0.310. The third-order valence-corrected chi connectivity index (χ3v) is 2.78. The standard InChI is InChI=1S/C10H9FN2OS/c11-8-3-1-2-7(6-8)9(14)13-10-12-4-5-15-10/h1-3,6H,4-5H2,(H,12,13,14). The Hall–Kier alpha value is -1.36. The second-order valence-corrected chi connectivity index (χ2v) is 4.08. The van der Waals surface area contributed by atoms with Crippen molar-refractivity contribution in [1.82, 2.24) is 5.32 Å². The quantitative estimate of drug-likeness (QED) is 0.788. The molecule has 1 heterocycles. The van der Waals surface area contributed by atoms with Gasteiger partial charge in [-0.2, -0.15) is 0 Å². The van der Waals surface area contributed by atoms with Crippen LogP contribution in [-0.2, 0) is 0 Å². The molecule has 0 atom stereocenters. The summed E-state index contributed by atoms with van der Waals surface area (Å²) in [5, 5.41) is 3.24. The minimum Gasteiger partial charge on any atom is -0.301 e. The highest BCUT2D eigenvalue weighted by Gasteiger charge is 2.12. The first-order valence-electron chi connectivity index (χ1n) is 4.50. The Labute approximate surface area is 90.8 Å². The van der Waals surface area contributed by atoms with Crippen LogP contribution in [0, 0.1) is 5.82 Å². The van der Waals surface area contributed by atoms with Crippen LogP contribution in [0.25, 0.3) is 0 Å². The third-order valence-electron chi connectivity index (χ3n) is 1.89. The van der Waals surface area contributed by atoms with Crippen LogP contribution in [0.3, 0.4) is 0 Å². The average Bonchev–Trinajstić information content (AvgIpc) is 2.70. The van der Waals surface area contributed by atoms with Crippen LogP contribution in [0.4, 0.5) is 4.39 Å². The summed E-state index contributed by atoms with van der Waals surface area (Å²) in [6.45, 7) is 0.726. The molecule has 5 heteroatoms. The van der Waals surface area contributed by atoms with Crippen molar-refractivity contribution in [3.05, 3.63) is 35.6 Å². The maximum absolute atomic E-state index is 12.8. The fourth-order valence-corrected chi connectivity index (χ4v) is 1.93. The second-order valence-electron chi connectivity index (χ2n) is 3.00. The van der Waals surface area contributed by atoms with E-state index in [-0.39, 0.29) is 5.91 Å². The fraction of sp³-hybridized carbons (Fsp3) is 0.200. The van der Waals surface area contributed by atoms with E-state index in [9.17, 15) is 9.18 Å². The highest BCUT2D eigenvalue weighted by Crippen LogP contribution is 2.10. The first-order chi connectivity index (χ1) is 7.25. The van der Waals surface area contributed by atoms with Gasteiger partial charge in [-0.3, -0.25) is 9.79 Å². The lowest BCUT2D eigenvalue weighted by atomic mass is 10.2. The van der Waals surface area contributed by atoms with Crippen molar-refractivity contribution >= 4 is 22.8 Å². The normalized spacial score (nSPS) is 14.9. The molecule has 1 aromatic carbocycles. The van der Waals surface area contributed by atoms with Gasteiger partial charge in [0.2, 0.25) is 0 Å². The minimum atomic E-state index is -0.413. The van der Waals surface area contributed by atoms with Gasteiger partial charge in [0.1, 0.15) is 5.82 Å². The van der Waals surface area contributed by atoms with E-state index in [0.29, 0.717) is 10.7 Å². The molecule has 1 N–H and O–H groups in total. The molecule has 0 unspecified atom stereocenters. The lowest BCUT2D eigenvalue weighted by molar-refractivity contribution is 0.0977.